The van der Waals surface area contributed by atoms with Crippen LogP contribution >= 0.6 is 0 Å². The summed E-state index contributed by atoms with van der Waals surface area (Å²) in [5, 5.41) is 12.1. The monoisotopic (exact) mass is 506 g/mol. The Morgan fingerprint density at radius 2 is 1.86 bits per heavy atom. The van der Waals surface area contributed by atoms with Crippen molar-refractivity contribution < 1.29 is 19.4 Å². The van der Waals surface area contributed by atoms with Crippen molar-refractivity contribution in [3.05, 3.63) is 59.4 Å². The van der Waals surface area contributed by atoms with Gasteiger partial charge in [0.05, 0.1) is 23.4 Å². The molecule has 1 heterocycles. The minimum atomic E-state index is -0.928. The molecular weight excluding hydrogens is 464 g/mol. The van der Waals surface area contributed by atoms with Crippen molar-refractivity contribution in [1.29, 1.82) is 0 Å². The summed E-state index contributed by atoms with van der Waals surface area (Å²) in [4.78, 5) is 28.2. The highest BCUT2D eigenvalue weighted by atomic mass is 16.5. The minimum absolute atomic E-state index is 0.151. The van der Waals surface area contributed by atoms with Crippen LogP contribution in [-0.4, -0.2) is 28.6 Å². The number of carbonyl (C=O) groups is 2. The van der Waals surface area contributed by atoms with E-state index in [4.69, 9.17) is 4.74 Å². The van der Waals surface area contributed by atoms with Crippen LogP contribution in [0.15, 0.2) is 42.5 Å². The number of nitrogens with one attached hydrogen (secondary N) is 1. The maximum Gasteiger partial charge on any atom is 0.309 e. The average molecular weight is 507 g/mol. The zero-order valence-corrected chi connectivity index (χ0v) is 22.4. The lowest BCUT2D eigenvalue weighted by Gasteiger charge is -2.21. The molecule has 0 atom stereocenters. The number of aromatic nitrogens is 1. The smallest absolute Gasteiger partial charge is 0.309 e. The summed E-state index contributed by atoms with van der Waals surface area (Å²) in [6.45, 7) is 4.55. The molecule has 3 rings (SSSR count). The van der Waals surface area contributed by atoms with E-state index in [0.29, 0.717) is 12.3 Å². The first kappa shape index (κ1) is 28.6. The number of rotatable bonds is 14. The van der Waals surface area contributed by atoms with Gasteiger partial charge in [-0.05, 0) is 68.5 Å². The standard InChI is InChI=1S/C31H42N2O4/c1-31(2,30(35)36)20-19-29(34)33-27-15-8-13-25(22-27)17-18-26-14-9-16-28(32-26)23-37-21-7-6-12-24-10-4-3-5-11-24/h8-9,13-18,22,24H,3-7,10-12,19-21,23H2,1-2H3,(H,33,34)(H,35,36). The van der Waals surface area contributed by atoms with Gasteiger partial charge in [0, 0.05) is 18.7 Å². The zero-order valence-electron chi connectivity index (χ0n) is 22.4. The maximum absolute atomic E-state index is 12.3. The van der Waals surface area contributed by atoms with Gasteiger partial charge in [-0.25, -0.2) is 0 Å². The van der Waals surface area contributed by atoms with Crippen molar-refractivity contribution in [3.8, 4) is 0 Å². The molecule has 2 N–H and O–H groups in total. The van der Waals surface area contributed by atoms with Crippen LogP contribution in [0.1, 0.15) is 95.0 Å². The number of pyridine rings is 1. The van der Waals surface area contributed by atoms with Crippen LogP contribution in [0.2, 0.25) is 0 Å². The molecule has 0 radical (unpaired) electrons. The van der Waals surface area contributed by atoms with Gasteiger partial charge in [-0.1, -0.05) is 69.2 Å². The van der Waals surface area contributed by atoms with E-state index >= 15 is 0 Å². The molecule has 37 heavy (non-hydrogen) atoms. The van der Waals surface area contributed by atoms with Crippen molar-refractivity contribution >= 4 is 29.7 Å². The summed E-state index contributed by atoms with van der Waals surface area (Å²) in [6.07, 6.45) is 15.1. The third kappa shape index (κ3) is 10.5. The number of nitrogens with zero attached hydrogens (tertiary/aromatic N) is 1. The van der Waals surface area contributed by atoms with Crippen molar-refractivity contribution in [2.75, 3.05) is 11.9 Å². The number of ether oxygens (including phenoxy) is 1. The number of carboxylic acids is 1. The molecule has 1 amide bonds. The molecule has 1 aliphatic carbocycles. The Kier molecular flexibility index (Phi) is 11.3. The first-order chi connectivity index (χ1) is 17.8. The molecule has 0 saturated heterocycles. The van der Waals surface area contributed by atoms with Gasteiger partial charge in [-0.2, -0.15) is 0 Å². The minimum Gasteiger partial charge on any atom is -0.481 e. The van der Waals surface area contributed by atoms with Gasteiger partial charge in [0.2, 0.25) is 5.91 Å². The van der Waals surface area contributed by atoms with E-state index in [2.05, 4.69) is 10.3 Å². The fourth-order valence-corrected chi connectivity index (χ4v) is 4.62. The van der Waals surface area contributed by atoms with Crippen molar-refractivity contribution in [3.63, 3.8) is 0 Å². The molecule has 2 aromatic rings. The van der Waals surface area contributed by atoms with Gasteiger partial charge in [0.25, 0.3) is 0 Å². The quantitative estimate of drug-likeness (QED) is 0.262. The zero-order chi connectivity index (χ0) is 26.5. The maximum atomic E-state index is 12.3. The fraction of sp³-hybridized carbons (Fsp3) is 0.516. The van der Waals surface area contributed by atoms with E-state index in [1.54, 1.807) is 13.8 Å². The number of unbranched alkanes of at least 4 members (excludes halogenated alkanes) is 1. The highest BCUT2D eigenvalue weighted by Crippen LogP contribution is 2.27. The lowest BCUT2D eigenvalue weighted by atomic mass is 9.86. The Hall–Kier alpha value is -2.99. The molecule has 6 nitrogen and oxygen atoms in total. The van der Waals surface area contributed by atoms with Crippen LogP contribution in [-0.2, 0) is 20.9 Å². The van der Waals surface area contributed by atoms with E-state index in [0.717, 1.165) is 35.9 Å². The van der Waals surface area contributed by atoms with Crippen molar-refractivity contribution in [2.24, 2.45) is 11.3 Å². The SMILES string of the molecule is CC(C)(CCC(=O)Nc1cccc(C=Cc2cccc(COCCCCC3CCCCC3)n2)c1)C(=O)O. The number of anilines is 1. The molecule has 1 aromatic heterocycles. The van der Waals surface area contributed by atoms with Crippen LogP contribution in [0.5, 0.6) is 0 Å². The summed E-state index contributed by atoms with van der Waals surface area (Å²) in [7, 11) is 0. The largest absolute Gasteiger partial charge is 0.481 e. The number of aliphatic carboxylic acids is 1. The lowest BCUT2D eigenvalue weighted by Crippen LogP contribution is -2.25. The Morgan fingerprint density at radius 3 is 2.65 bits per heavy atom. The first-order valence-corrected chi connectivity index (χ1v) is 13.7. The van der Waals surface area contributed by atoms with Crippen LogP contribution < -0.4 is 5.32 Å². The molecule has 1 aromatic carbocycles. The second-order valence-electron chi connectivity index (χ2n) is 10.8. The summed E-state index contributed by atoms with van der Waals surface area (Å²) in [6, 6.07) is 13.5. The summed E-state index contributed by atoms with van der Waals surface area (Å²) in [5.74, 6) is -0.160. The number of hydrogen-bond acceptors (Lipinski definition) is 4. The third-order valence-electron chi connectivity index (χ3n) is 7.13. The van der Waals surface area contributed by atoms with E-state index in [-0.39, 0.29) is 18.7 Å². The number of hydrogen-bond donors (Lipinski definition) is 2. The third-order valence-corrected chi connectivity index (χ3v) is 7.13. The fourth-order valence-electron chi connectivity index (χ4n) is 4.62. The predicted molar refractivity (Wildman–Crippen MR) is 149 cm³/mol. The van der Waals surface area contributed by atoms with Gasteiger partial charge < -0.3 is 15.2 Å². The first-order valence-electron chi connectivity index (χ1n) is 13.7. The van der Waals surface area contributed by atoms with Crippen LogP contribution in [0.25, 0.3) is 12.2 Å². The number of carbonyl (C=O) groups excluding carboxylic acids is 1. The summed E-state index contributed by atoms with van der Waals surface area (Å²) < 4.78 is 5.87. The molecule has 6 heteroatoms. The summed E-state index contributed by atoms with van der Waals surface area (Å²) >= 11 is 0. The molecule has 0 bridgehead atoms. The van der Waals surface area contributed by atoms with E-state index in [1.807, 2.05) is 54.6 Å². The Bertz CT molecular complexity index is 1040. The van der Waals surface area contributed by atoms with Gasteiger partial charge in [0.1, 0.15) is 0 Å². The number of benzene rings is 1. The van der Waals surface area contributed by atoms with Gasteiger partial charge in [0.15, 0.2) is 0 Å². The van der Waals surface area contributed by atoms with Crippen LogP contribution in [0, 0.1) is 11.3 Å². The molecule has 1 aliphatic rings. The highest BCUT2D eigenvalue weighted by molar-refractivity contribution is 5.91. The Balaban J connectivity index is 1.42. The molecular formula is C31H42N2O4. The Labute approximate surface area is 221 Å². The highest BCUT2D eigenvalue weighted by Gasteiger charge is 2.27. The van der Waals surface area contributed by atoms with E-state index in [1.165, 1.54) is 44.9 Å². The van der Waals surface area contributed by atoms with E-state index in [9.17, 15) is 14.7 Å². The molecule has 1 saturated carbocycles. The number of carboxylic acid groups (broad SMARTS) is 1. The molecule has 200 valence electrons. The second-order valence-corrected chi connectivity index (χ2v) is 10.8. The average Bonchev–Trinajstić information content (AvgIpc) is 2.89. The normalized spacial score (nSPS) is 14.6. The predicted octanol–water partition coefficient (Wildman–Crippen LogP) is 7.35. The molecule has 0 unspecified atom stereocenters. The van der Waals surface area contributed by atoms with E-state index < -0.39 is 11.4 Å². The molecule has 0 aliphatic heterocycles. The van der Waals surface area contributed by atoms with Gasteiger partial charge in [-0.3, -0.25) is 14.6 Å². The van der Waals surface area contributed by atoms with Crippen molar-refractivity contribution in [1.82, 2.24) is 4.98 Å². The van der Waals surface area contributed by atoms with Gasteiger partial charge in [-0.15, -0.1) is 0 Å². The molecule has 0 spiro atoms. The van der Waals surface area contributed by atoms with Gasteiger partial charge >= 0.3 is 5.97 Å². The summed E-state index contributed by atoms with van der Waals surface area (Å²) in [5.41, 5.74) is 2.45. The number of amides is 1. The van der Waals surface area contributed by atoms with Crippen molar-refractivity contribution in [2.45, 2.75) is 84.7 Å². The van der Waals surface area contributed by atoms with Crippen LogP contribution in [0.3, 0.4) is 0 Å². The van der Waals surface area contributed by atoms with Crippen LogP contribution in [0.4, 0.5) is 5.69 Å². The second kappa shape index (κ2) is 14.7. The lowest BCUT2D eigenvalue weighted by molar-refractivity contribution is -0.147. The molecule has 1 fully saturated rings. The topological polar surface area (TPSA) is 88.5 Å². The Morgan fingerprint density at radius 1 is 1.08 bits per heavy atom.